The number of anilines is 3. The van der Waals surface area contributed by atoms with E-state index >= 15 is 0 Å². The Morgan fingerprint density at radius 3 is 2.69 bits per heavy atom. The van der Waals surface area contributed by atoms with Crippen molar-refractivity contribution < 1.29 is 9.59 Å². The number of aromatic nitrogens is 2. The first-order chi connectivity index (χ1) is 14.1. The van der Waals surface area contributed by atoms with Crippen LogP contribution in [0.4, 0.5) is 17.6 Å². The summed E-state index contributed by atoms with van der Waals surface area (Å²) in [7, 11) is 0. The highest BCUT2D eigenvalue weighted by Gasteiger charge is 2.35. The number of benzene rings is 1. The summed E-state index contributed by atoms with van der Waals surface area (Å²) in [6.07, 6.45) is 4.12. The van der Waals surface area contributed by atoms with E-state index in [4.69, 9.17) is 5.73 Å². The van der Waals surface area contributed by atoms with Crippen molar-refractivity contribution in [2.75, 3.05) is 35.6 Å². The fourth-order valence-electron chi connectivity index (χ4n) is 3.94. The van der Waals surface area contributed by atoms with Gasteiger partial charge in [-0.15, -0.1) is 0 Å². The molecule has 2 aliphatic heterocycles. The van der Waals surface area contributed by atoms with Gasteiger partial charge in [-0.1, -0.05) is 30.3 Å². The van der Waals surface area contributed by atoms with Gasteiger partial charge in [-0.2, -0.15) is 9.97 Å². The SMILES string of the molecule is Nc1nc(N2CCCCC2)nc2c1C(C(=O)NCCc1ccccc1)CC(=O)N2. The topological polar surface area (TPSA) is 113 Å². The van der Waals surface area contributed by atoms with Crippen LogP contribution in [-0.4, -0.2) is 41.4 Å². The van der Waals surface area contributed by atoms with Gasteiger partial charge in [0, 0.05) is 26.1 Å². The molecule has 0 aliphatic carbocycles. The van der Waals surface area contributed by atoms with Gasteiger partial charge in [-0.25, -0.2) is 0 Å². The Labute approximate surface area is 169 Å². The Hall–Kier alpha value is -3.16. The third kappa shape index (κ3) is 4.31. The van der Waals surface area contributed by atoms with E-state index in [1.165, 1.54) is 6.42 Å². The highest BCUT2D eigenvalue weighted by Crippen LogP contribution is 2.36. The lowest BCUT2D eigenvalue weighted by atomic mass is 9.92. The molecule has 0 radical (unpaired) electrons. The molecule has 0 saturated carbocycles. The van der Waals surface area contributed by atoms with Crippen LogP contribution < -0.4 is 21.3 Å². The lowest BCUT2D eigenvalue weighted by Gasteiger charge is -2.30. The summed E-state index contributed by atoms with van der Waals surface area (Å²) in [6, 6.07) is 9.93. The van der Waals surface area contributed by atoms with Gasteiger partial charge in [0.05, 0.1) is 11.5 Å². The van der Waals surface area contributed by atoms with Crippen molar-refractivity contribution in [1.82, 2.24) is 15.3 Å². The maximum Gasteiger partial charge on any atom is 0.229 e. The van der Waals surface area contributed by atoms with Gasteiger partial charge < -0.3 is 21.3 Å². The van der Waals surface area contributed by atoms with Crippen molar-refractivity contribution in [3.63, 3.8) is 0 Å². The van der Waals surface area contributed by atoms with Gasteiger partial charge in [0.25, 0.3) is 0 Å². The zero-order chi connectivity index (χ0) is 20.2. The maximum atomic E-state index is 12.8. The minimum Gasteiger partial charge on any atom is -0.383 e. The second kappa shape index (κ2) is 8.46. The van der Waals surface area contributed by atoms with Crippen molar-refractivity contribution in [1.29, 1.82) is 0 Å². The normalized spacial score (nSPS) is 18.7. The molecule has 152 valence electrons. The smallest absolute Gasteiger partial charge is 0.229 e. The molecule has 1 aromatic heterocycles. The average Bonchev–Trinajstić information content (AvgIpc) is 2.74. The van der Waals surface area contributed by atoms with E-state index in [1.54, 1.807) is 0 Å². The average molecular weight is 394 g/mol. The number of amides is 2. The van der Waals surface area contributed by atoms with E-state index in [9.17, 15) is 9.59 Å². The number of hydrogen-bond donors (Lipinski definition) is 3. The monoisotopic (exact) mass is 394 g/mol. The van der Waals surface area contributed by atoms with Crippen LogP contribution >= 0.6 is 0 Å². The predicted molar refractivity (Wildman–Crippen MR) is 112 cm³/mol. The van der Waals surface area contributed by atoms with Crippen molar-refractivity contribution >= 4 is 29.4 Å². The molecule has 3 heterocycles. The summed E-state index contributed by atoms with van der Waals surface area (Å²) >= 11 is 0. The third-order valence-corrected chi connectivity index (χ3v) is 5.47. The molecule has 1 saturated heterocycles. The molecule has 2 aromatic rings. The molecule has 8 heteroatoms. The Balaban J connectivity index is 1.50. The lowest BCUT2D eigenvalue weighted by Crippen LogP contribution is -2.38. The second-order valence-electron chi connectivity index (χ2n) is 7.55. The summed E-state index contributed by atoms with van der Waals surface area (Å²) in [5, 5.41) is 5.70. The number of hydrogen-bond acceptors (Lipinski definition) is 6. The van der Waals surface area contributed by atoms with Gasteiger partial charge in [0.15, 0.2) is 0 Å². The molecule has 4 rings (SSSR count). The van der Waals surface area contributed by atoms with Crippen molar-refractivity contribution in [3.05, 3.63) is 41.5 Å². The molecule has 8 nitrogen and oxygen atoms in total. The van der Waals surface area contributed by atoms with Gasteiger partial charge in [-0.3, -0.25) is 9.59 Å². The molecule has 2 aliphatic rings. The van der Waals surface area contributed by atoms with Gasteiger partial charge in [0.1, 0.15) is 11.6 Å². The van der Waals surface area contributed by atoms with Gasteiger partial charge >= 0.3 is 0 Å². The maximum absolute atomic E-state index is 12.8. The summed E-state index contributed by atoms with van der Waals surface area (Å²) in [5.41, 5.74) is 7.89. The number of carbonyl (C=O) groups is 2. The Bertz CT molecular complexity index is 896. The summed E-state index contributed by atoms with van der Waals surface area (Å²) < 4.78 is 0. The molecule has 2 amide bonds. The predicted octanol–water partition coefficient (Wildman–Crippen LogP) is 1.83. The Kier molecular flexibility index (Phi) is 5.59. The second-order valence-corrected chi connectivity index (χ2v) is 7.55. The van der Waals surface area contributed by atoms with Crippen LogP contribution in [0.25, 0.3) is 0 Å². The van der Waals surface area contributed by atoms with Crippen LogP contribution in [0.5, 0.6) is 0 Å². The lowest BCUT2D eigenvalue weighted by molar-refractivity contribution is -0.126. The number of nitrogens with one attached hydrogen (secondary N) is 2. The number of piperidine rings is 1. The fourth-order valence-corrected chi connectivity index (χ4v) is 3.94. The van der Waals surface area contributed by atoms with E-state index in [-0.39, 0.29) is 24.1 Å². The van der Waals surface area contributed by atoms with E-state index in [0.29, 0.717) is 23.9 Å². The number of fused-ring (bicyclic) bond motifs is 1. The van der Waals surface area contributed by atoms with Crippen LogP contribution in [0.1, 0.15) is 42.7 Å². The zero-order valence-corrected chi connectivity index (χ0v) is 16.4. The summed E-state index contributed by atoms with van der Waals surface area (Å²) in [4.78, 5) is 36.1. The highest BCUT2D eigenvalue weighted by molar-refractivity contribution is 6.01. The number of nitrogens with two attached hydrogens (primary N) is 1. The summed E-state index contributed by atoms with van der Waals surface area (Å²) in [6.45, 7) is 2.23. The highest BCUT2D eigenvalue weighted by atomic mass is 16.2. The zero-order valence-electron chi connectivity index (χ0n) is 16.4. The number of nitrogen functional groups attached to an aromatic ring is 1. The minimum absolute atomic E-state index is 0.0425. The first-order valence-electron chi connectivity index (χ1n) is 10.2. The van der Waals surface area contributed by atoms with Gasteiger partial charge in [-0.05, 0) is 31.2 Å². The van der Waals surface area contributed by atoms with Crippen LogP contribution in [0.15, 0.2) is 30.3 Å². The quantitative estimate of drug-likeness (QED) is 0.713. The summed E-state index contributed by atoms with van der Waals surface area (Å²) in [5.74, 6) is 0.00841. The molecule has 4 N–H and O–H groups in total. The van der Waals surface area contributed by atoms with Gasteiger partial charge in [0.2, 0.25) is 17.8 Å². The van der Waals surface area contributed by atoms with Crippen molar-refractivity contribution in [3.8, 4) is 0 Å². The standard InChI is InChI=1S/C21H26N6O2/c22-18-17-15(20(29)23-10-9-14-7-3-1-4-8-14)13-16(28)24-19(17)26-21(25-18)27-11-5-2-6-12-27/h1,3-4,7-8,15H,2,5-6,9-13H2,(H,23,29)(H3,22,24,25,26,28). The van der Waals surface area contributed by atoms with E-state index in [1.807, 2.05) is 30.3 Å². The fraction of sp³-hybridized carbons (Fsp3) is 0.429. The Morgan fingerprint density at radius 2 is 1.93 bits per heavy atom. The molecule has 0 bridgehead atoms. The minimum atomic E-state index is -0.676. The van der Waals surface area contributed by atoms with Crippen LogP contribution in [0.3, 0.4) is 0 Å². The van der Waals surface area contributed by atoms with Crippen molar-refractivity contribution in [2.24, 2.45) is 0 Å². The molecule has 1 unspecified atom stereocenters. The molecular formula is C21H26N6O2. The van der Waals surface area contributed by atoms with Crippen LogP contribution in [0.2, 0.25) is 0 Å². The molecular weight excluding hydrogens is 368 g/mol. The molecule has 1 fully saturated rings. The molecule has 29 heavy (non-hydrogen) atoms. The number of carbonyl (C=O) groups excluding carboxylic acids is 2. The third-order valence-electron chi connectivity index (χ3n) is 5.47. The first kappa shape index (κ1) is 19.2. The molecule has 1 aromatic carbocycles. The molecule has 1 atom stereocenters. The Morgan fingerprint density at radius 1 is 1.17 bits per heavy atom. The van der Waals surface area contributed by atoms with Crippen LogP contribution in [-0.2, 0) is 16.0 Å². The molecule has 0 spiro atoms. The van der Waals surface area contributed by atoms with Crippen molar-refractivity contribution in [2.45, 2.75) is 38.0 Å². The number of rotatable bonds is 5. The first-order valence-corrected chi connectivity index (χ1v) is 10.2. The van der Waals surface area contributed by atoms with Crippen LogP contribution in [0, 0.1) is 0 Å². The number of nitrogens with zero attached hydrogens (tertiary/aromatic N) is 3. The largest absolute Gasteiger partial charge is 0.383 e. The van der Waals surface area contributed by atoms with E-state index in [0.717, 1.165) is 37.9 Å². The van der Waals surface area contributed by atoms with E-state index in [2.05, 4.69) is 25.5 Å². The van der Waals surface area contributed by atoms with E-state index < -0.39 is 5.92 Å².